The molecule has 1 unspecified atom stereocenters. The SMILES string of the molecule is CC(C)N1CCN(C(=O)CCC(C)N2CCN(S(C)(=O)=O)CC2)CC1. The molecule has 2 heterocycles. The fourth-order valence-electron chi connectivity index (χ4n) is 3.64. The van der Waals surface area contributed by atoms with E-state index in [0.29, 0.717) is 31.6 Å². The van der Waals surface area contributed by atoms with Gasteiger partial charge in [0, 0.05) is 70.9 Å². The number of carbonyl (C=O) groups is 1. The van der Waals surface area contributed by atoms with E-state index in [9.17, 15) is 13.2 Å². The molecule has 2 aliphatic heterocycles. The second-order valence-corrected chi connectivity index (χ2v) is 9.58. The molecule has 1 amide bonds. The summed E-state index contributed by atoms with van der Waals surface area (Å²) >= 11 is 0. The molecule has 0 spiro atoms. The topological polar surface area (TPSA) is 64.2 Å². The Hall–Kier alpha value is -0.700. The summed E-state index contributed by atoms with van der Waals surface area (Å²) in [6.07, 6.45) is 2.68. The summed E-state index contributed by atoms with van der Waals surface area (Å²) in [6.45, 7) is 12.7. The number of rotatable bonds is 6. The van der Waals surface area contributed by atoms with Crippen LogP contribution in [0.5, 0.6) is 0 Å². The molecule has 0 aromatic rings. The molecule has 2 rings (SSSR count). The van der Waals surface area contributed by atoms with Gasteiger partial charge in [-0.1, -0.05) is 0 Å². The maximum Gasteiger partial charge on any atom is 0.222 e. The average Bonchev–Trinajstić information content (AvgIpc) is 2.58. The van der Waals surface area contributed by atoms with Crippen LogP contribution in [0.3, 0.4) is 0 Å². The van der Waals surface area contributed by atoms with Crippen molar-refractivity contribution in [3.8, 4) is 0 Å². The summed E-state index contributed by atoms with van der Waals surface area (Å²) in [7, 11) is -3.08. The highest BCUT2D eigenvalue weighted by atomic mass is 32.2. The van der Waals surface area contributed by atoms with E-state index in [1.54, 1.807) is 0 Å². The minimum absolute atomic E-state index is 0.255. The lowest BCUT2D eigenvalue weighted by molar-refractivity contribution is -0.133. The highest BCUT2D eigenvalue weighted by molar-refractivity contribution is 7.88. The molecule has 25 heavy (non-hydrogen) atoms. The van der Waals surface area contributed by atoms with Crippen LogP contribution in [0.2, 0.25) is 0 Å². The van der Waals surface area contributed by atoms with E-state index < -0.39 is 10.0 Å². The smallest absolute Gasteiger partial charge is 0.222 e. The van der Waals surface area contributed by atoms with Crippen LogP contribution in [0, 0.1) is 0 Å². The van der Waals surface area contributed by atoms with Crippen LogP contribution >= 0.6 is 0 Å². The van der Waals surface area contributed by atoms with Crippen LogP contribution < -0.4 is 0 Å². The van der Waals surface area contributed by atoms with Gasteiger partial charge in [-0.2, -0.15) is 4.31 Å². The number of hydrogen-bond acceptors (Lipinski definition) is 5. The number of piperazine rings is 2. The average molecular weight is 375 g/mol. The van der Waals surface area contributed by atoms with Crippen molar-refractivity contribution >= 4 is 15.9 Å². The van der Waals surface area contributed by atoms with Gasteiger partial charge in [0.15, 0.2) is 0 Å². The molecule has 8 heteroatoms. The number of nitrogens with zero attached hydrogens (tertiary/aromatic N) is 4. The Morgan fingerprint density at radius 1 is 0.880 bits per heavy atom. The molecular formula is C17H34N4O3S. The van der Waals surface area contributed by atoms with Crippen molar-refractivity contribution in [2.75, 3.05) is 58.6 Å². The van der Waals surface area contributed by atoms with Crippen LogP contribution in [-0.4, -0.2) is 104 Å². The summed E-state index contributed by atoms with van der Waals surface area (Å²) in [6, 6.07) is 0.852. The van der Waals surface area contributed by atoms with Crippen molar-refractivity contribution in [2.24, 2.45) is 0 Å². The molecule has 7 nitrogen and oxygen atoms in total. The van der Waals surface area contributed by atoms with Crippen LogP contribution in [0.4, 0.5) is 0 Å². The zero-order valence-corrected chi connectivity index (χ0v) is 17.0. The zero-order chi connectivity index (χ0) is 18.6. The van der Waals surface area contributed by atoms with E-state index in [0.717, 1.165) is 45.7 Å². The summed E-state index contributed by atoms with van der Waals surface area (Å²) in [5.41, 5.74) is 0. The quantitative estimate of drug-likeness (QED) is 0.668. The predicted molar refractivity (Wildman–Crippen MR) is 100.0 cm³/mol. The highest BCUT2D eigenvalue weighted by Crippen LogP contribution is 2.14. The first kappa shape index (κ1) is 20.6. The van der Waals surface area contributed by atoms with Crippen molar-refractivity contribution in [1.29, 1.82) is 0 Å². The molecule has 0 saturated carbocycles. The number of carbonyl (C=O) groups excluding carboxylic acids is 1. The molecular weight excluding hydrogens is 340 g/mol. The maximum atomic E-state index is 12.4. The molecule has 0 bridgehead atoms. The van der Waals surface area contributed by atoms with Crippen LogP contribution in [0.15, 0.2) is 0 Å². The van der Waals surface area contributed by atoms with Crippen molar-refractivity contribution in [3.63, 3.8) is 0 Å². The van der Waals surface area contributed by atoms with Crippen LogP contribution in [-0.2, 0) is 14.8 Å². The van der Waals surface area contributed by atoms with Gasteiger partial charge < -0.3 is 4.90 Å². The third-order valence-electron chi connectivity index (χ3n) is 5.54. The Labute approximate surface area is 153 Å². The number of sulfonamides is 1. The lowest BCUT2D eigenvalue weighted by Crippen LogP contribution is -2.52. The van der Waals surface area contributed by atoms with Crippen molar-refractivity contribution < 1.29 is 13.2 Å². The standard InChI is InChI=1S/C17H34N4O3S/c1-15(2)18-7-9-20(10-8-18)17(22)6-5-16(3)19-11-13-21(14-12-19)25(4,23)24/h15-16H,5-14H2,1-4H3. The first-order valence-electron chi connectivity index (χ1n) is 9.39. The van der Waals surface area contributed by atoms with Gasteiger partial charge in [0.05, 0.1) is 6.26 Å². The normalized spacial score (nSPS) is 23.2. The Morgan fingerprint density at radius 2 is 1.40 bits per heavy atom. The van der Waals surface area contributed by atoms with E-state index in [4.69, 9.17) is 0 Å². The molecule has 2 saturated heterocycles. The lowest BCUT2D eigenvalue weighted by Gasteiger charge is -2.38. The Kier molecular flexibility index (Phi) is 7.25. The summed E-state index contributed by atoms with van der Waals surface area (Å²) < 4.78 is 24.7. The van der Waals surface area contributed by atoms with Crippen LogP contribution in [0.25, 0.3) is 0 Å². The summed E-state index contributed by atoms with van der Waals surface area (Å²) in [5, 5.41) is 0. The fraction of sp³-hybridized carbons (Fsp3) is 0.941. The monoisotopic (exact) mass is 374 g/mol. The van der Waals surface area contributed by atoms with E-state index >= 15 is 0 Å². The Balaban J connectivity index is 1.70. The summed E-state index contributed by atoms with van der Waals surface area (Å²) in [5.74, 6) is 0.255. The third-order valence-corrected chi connectivity index (χ3v) is 6.84. The minimum Gasteiger partial charge on any atom is -0.340 e. The van der Waals surface area contributed by atoms with Crippen molar-refractivity contribution in [1.82, 2.24) is 19.0 Å². The van der Waals surface area contributed by atoms with E-state index in [2.05, 4.69) is 30.6 Å². The highest BCUT2D eigenvalue weighted by Gasteiger charge is 2.27. The van der Waals surface area contributed by atoms with Crippen molar-refractivity contribution in [3.05, 3.63) is 0 Å². The van der Waals surface area contributed by atoms with E-state index in [1.807, 2.05) is 4.90 Å². The van der Waals surface area contributed by atoms with Gasteiger partial charge in [-0.05, 0) is 27.2 Å². The largest absolute Gasteiger partial charge is 0.340 e. The predicted octanol–water partition coefficient (Wildman–Crippen LogP) is 0.285. The van der Waals surface area contributed by atoms with Gasteiger partial charge in [0.1, 0.15) is 0 Å². The van der Waals surface area contributed by atoms with E-state index in [1.165, 1.54) is 10.6 Å². The molecule has 0 aromatic heterocycles. The van der Waals surface area contributed by atoms with Gasteiger partial charge in [-0.25, -0.2) is 8.42 Å². The minimum atomic E-state index is -3.08. The van der Waals surface area contributed by atoms with Gasteiger partial charge >= 0.3 is 0 Å². The maximum absolute atomic E-state index is 12.4. The van der Waals surface area contributed by atoms with Gasteiger partial charge in [0.2, 0.25) is 15.9 Å². The van der Waals surface area contributed by atoms with Gasteiger partial charge in [0.25, 0.3) is 0 Å². The van der Waals surface area contributed by atoms with Crippen molar-refractivity contribution in [2.45, 2.75) is 45.7 Å². The van der Waals surface area contributed by atoms with E-state index in [-0.39, 0.29) is 5.91 Å². The second-order valence-electron chi connectivity index (χ2n) is 7.60. The van der Waals surface area contributed by atoms with Crippen LogP contribution in [0.1, 0.15) is 33.6 Å². The molecule has 0 aromatic carbocycles. The molecule has 0 radical (unpaired) electrons. The fourth-order valence-corrected chi connectivity index (χ4v) is 4.46. The Bertz CT molecular complexity index is 536. The number of hydrogen-bond donors (Lipinski definition) is 0. The molecule has 2 aliphatic rings. The number of amides is 1. The Morgan fingerprint density at radius 3 is 1.88 bits per heavy atom. The molecule has 1 atom stereocenters. The van der Waals surface area contributed by atoms with Gasteiger partial charge in [-0.15, -0.1) is 0 Å². The second kappa shape index (κ2) is 8.79. The zero-order valence-electron chi connectivity index (χ0n) is 16.1. The molecule has 0 aliphatic carbocycles. The molecule has 146 valence electrons. The third kappa shape index (κ3) is 5.91. The first-order chi connectivity index (χ1) is 11.7. The first-order valence-corrected chi connectivity index (χ1v) is 11.2. The lowest BCUT2D eigenvalue weighted by atomic mass is 10.1. The summed E-state index contributed by atoms with van der Waals surface area (Å²) in [4.78, 5) is 19.1. The van der Waals surface area contributed by atoms with Gasteiger partial charge in [-0.3, -0.25) is 14.6 Å². The molecule has 0 N–H and O–H groups in total. The molecule has 2 fully saturated rings.